The van der Waals surface area contributed by atoms with Crippen LogP contribution in [0.4, 0.5) is 5.69 Å². The number of fused-ring (bicyclic) bond motifs is 1. The van der Waals surface area contributed by atoms with Gasteiger partial charge in [0, 0.05) is 18.2 Å². The number of benzene rings is 2. The van der Waals surface area contributed by atoms with Crippen LogP contribution in [0.3, 0.4) is 0 Å². The third-order valence-electron chi connectivity index (χ3n) is 6.12. The van der Waals surface area contributed by atoms with Crippen molar-refractivity contribution in [2.75, 3.05) is 26.6 Å². The molecule has 1 aliphatic carbocycles. The van der Waals surface area contributed by atoms with Crippen LogP contribution in [0.25, 0.3) is 0 Å². The normalized spacial score (nSPS) is 13.9. The number of anilines is 1. The molecule has 0 bridgehead atoms. The molecule has 0 saturated heterocycles. The molecular formula is C26H29NO6. The standard InChI is InChI=1S/C26H29NO6/c1-15-11-16-9-10-26(2,3)18(16)14-20(15)33-23-8-7-19(32-23)25(28)27-24-21(30-5)12-17(29-4)13-22(24)31-6/h7-8,11-14H,9-10H2,1-6H3,(H,27,28). The molecule has 0 fully saturated rings. The Labute approximate surface area is 193 Å². The maximum Gasteiger partial charge on any atom is 0.291 e. The molecule has 1 heterocycles. The molecule has 0 atom stereocenters. The van der Waals surface area contributed by atoms with E-state index in [1.807, 2.05) is 6.92 Å². The van der Waals surface area contributed by atoms with Gasteiger partial charge in [-0.05, 0) is 54.0 Å². The van der Waals surface area contributed by atoms with Crippen molar-refractivity contribution in [1.29, 1.82) is 0 Å². The highest BCUT2D eigenvalue weighted by atomic mass is 16.6. The number of hydrogen-bond donors (Lipinski definition) is 1. The van der Waals surface area contributed by atoms with Crippen LogP contribution in [0, 0.1) is 6.92 Å². The molecule has 174 valence electrons. The summed E-state index contributed by atoms with van der Waals surface area (Å²) in [5.74, 6) is 1.96. The van der Waals surface area contributed by atoms with Gasteiger partial charge in [0.1, 0.15) is 28.7 Å². The first-order valence-electron chi connectivity index (χ1n) is 10.8. The molecule has 2 aromatic carbocycles. The molecule has 4 rings (SSSR count). The Morgan fingerprint density at radius 1 is 0.970 bits per heavy atom. The summed E-state index contributed by atoms with van der Waals surface area (Å²) in [7, 11) is 4.55. The highest BCUT2D eigenvalue weighted by Gasteiger charge is 2.31. The monoisotopic (exact) mass is 451 g/mol. The summed E-state index contributed by atoms with van der Waals surface area (Å²) in [4.78, 5) is 12.9. The number of nitrogens with one attached hydrogen (secondary N) is 1. The molecule has 7 heteroatoms. The average Bonchev–Trinajstić information content (AvgIpc) is 3.38. The molecule has 7 nitrogen and oxygen atoms in total. The van der Waals surface area contributed by atoms with Gasteiger partial charge in [-0.25, -0.2) is 0 Å². The molecule has 1 aliphatic rings. The zero-order valence-corrected chi connectivity index (χ0v) is 19.8. The van der Waals surface area contributed by atoms with Crippen molar-refractivity contribution in [1.82, 2.24) is 0 Å². The average molecular weight is 452 g/mol. The van der Waals surface area contributed by atoms with Crippen LogP contribution >= 0.6 is 0 Å². The quantitative estimate of drug-likeness (QED) is 0.483. The number of ether oxygens (including phenoxy) is 4. The van der Waals surface area contributed by atoms with Crippen LogP contribution in [0.15, 0.2) is 40.8 Å². The summed E-state index contributed by atoms with van der Waals surface area (Å²) in [6, 6.07) is 10.8. The number of carbonyl (C=O) groups excluding carboxylic acids is 1. The lowest BCUT2D eigenvalue weighted by Crippen LogP contribution is -2.13. The fraction of sp³-hybridized carbons (Fsp3) is 0.346. The van der Waals surface area contributed by atoms with E-state index in [1.165, 1.54) is 25.3 Å². The van der Waals surface area contributed by atoms with Crippen molar-refractivity contribution >= 4 is 11.6 Å². The molecule has 0 spiro atoms. The Bertz CT molecular complexity index is 1170. The lowest BCUT2D eigenvalue weighted by molar-refractivity contribution is 0.0991. The fourth-order valence-electron chi connectivity index (χ4n) is 4.19. The second kappa shape index (κ2) is 8.73. The highest BCUT2D eigenvalue weighted by Crippen LogP contribution is 2.42. The van der Waals surface area contributed by atoms with Crippen molar-refractivity contribution in [3.05, 3.63) is 58.8 Å². The number of methoxy groups -OCH3 is 3. The number of aryl methyl sites for hydroxylation is 2. The van der Waals surface area contributed by atoms with Crippen LogP contribution in [0.5, 0.6) is 28.9 Å². The van der Waals surface area contributed by atoms with E-state index in [9.17, 15) is 4.79 Å². The van der Waals surface area contributed by atoms with E-state index in [1.54, 1.807) is 31.4 Å². The van der Waals surface area contributed by atoms with Crippen molar-refractivity contribution in [3.63, 3.8) is 0 Å². The third-order valence-corrected chi connectivity index (χ3v) is 6.12. The second-order valence-electron chi connectivity index (χ2n) is 8.74. The van der Waals surface area contributed by atoms with E-state index in [0.29, 0.717) is 22.9 Å². The van der Waals surface area contributed by atoms with Crippen molar-refractivity contribution in [2.24, 2.45) is 0 Å². The lowest BCUT2D eigenvalue weighted by atomic mass is 9.86. The van der Waals surface area contributed by atoms with E-state index < -0.39 is 5.91 Å². The smallest absolute Gasteiger partial charge is 0.291 e. The van der Waals surface area contributed by atoms with Crippen LogP contribution in [0.1, 0.15) is 47.5 Å². The molecule has 3 aromatic rings. The SMILES string of the molecule is COc1cc(OC)c(NC(=O)c2ccc(Oc3cc4c(cc3C)CCC4(C)C)o2)c(OC)c1. The van der Waals surface area contributed by atoms with Crippen LogP contribution in [-0.2, 0) is 11.8 Å². The summed E-state index contributed by atoms with van der Waals surface area (Å²) in [6.07, 6.45) is 2.20. The second-order valence-corrected chi connectivity index (χ2v) is 8.74. The van der Waals surface area contributed by atoms with Crippen LogP contribution < -0.4 is 24.3 Å². The lowest BCUT2D eigenvalue weighted by Gasteiger charge is -2.20. The Kier molecular flexibility index (Phi) is 5.97. The first-order chi connectivity index (χ1) is 15.7. The number of rotatable bonds is 7. The molecular weight excluding hydrogens is 422 g/mol. The fourth-order valence-corrected chi connectivity index (χ4v) is 4.19. The molecule has 1 amide bonds. The first-order valence-corrected chi connectivity index (χ1v) is 10.8. The van der Waals surface area contributed by atoms with Crippen LogP contribution in [0.2, 0.25) is 0 Å². The molecule has 0 aliphatic heterocycles. The Morgan fingerprint density at radius 2 is 1.67 bits per heavy atom. The summed E-state index contributed by atoms with van der Waals surface area (Å²) in [6.45, 7) is 6.50. The summed E-state index contributed by atoms with van der Waals surface area (Å²) < 4.78 is 27.7. The van der Waals surface area contributed by atoms with Gasteiger partial charge in [-0.1, -0.05) is 19.9 Å². The predicted molar refractivity (Wildman–Crippen MR) is 125 cm³/mol. The van der Waals surface area contributed by atoms with Gasteiger partial charge in [0.15, 0.2) is 5.76 Å². The van der Waals surface area contributed by atoms with Gasteiger partial charge in [-0.3, -0.25) is 4.79 Å². The number of amides is 1. The van der Waals surface area contributed by atoms with Gasteiger partial charge < -0.3 is 28.7 Å². The van der Waals surface area contributed by atoms with Gasteiger partial charge in [0.25, 0.3) is 11.9 Å². The largest absolute Gasteiger partial charge is 0.496 e. The Morgan fingerprint density at radius 3 is 2.30 bits per heavy atom. The van der Waals surface area contributed by atoms with Gasteiger partial charge >= 0.3 is 0 Å². The topological polar surface area (TPSA) is 79.2 Å². The Hall–Kier alpha value is -3.61. The minimum atomic E-state index is -0.460. The summed E-state index contributed by atoms with van der Waals surface area (Å²) in [5.41, 5.74) is 4.19. The zero-order valence-electron chi connectivity index (χ0n) is 19.8. The van der Waals surface area contributed by atoms with Gasteiger partial charge in [-0.15, -0.1) is 0 Å². The molecule has 1 aromatic heterocycles. The van der Waals surface area contributed by atoms with E-state index in [-0.39, 0.29) is 17.1 Å². The molecule has 33 heavy (non-hydrogen) atoms. The van der Waals surface area contributed by atoms with E-state index in [0.717, 1.165) is 24.2 Å². The molecule has 0 unspecified atom stereocenters. The first kappa shape index (κ1) is 22.6. The maximum absolute atomic E-state index is 12.9. The Balaban J connectivity index is 1.55. The zero-order chi connectivity index (χ0) is 23.8. The van der Waals surface area contributed by atoms with E-state index in [4.69, 9.17) is 23.4 Å². The molecule has 0 saturated carbocycles. The maximum atomic E-state index is 12.9. The van der Waals surface area contributed by atoms with E-state index >= 15 is 0 Å². The number of furan rings is 1. The summed E-state index contributed by atoms with van der Waals surface area (Å²) in [5, 5.41) is 2.79. The number of hydrogen-bond acceptors (Lipinski definition) is 6. The van der Waals surface area contributed by atoms with Crippen molar-refractivity contribution in [2.45, 2.75) is 39.0 Å². The predicted octanol–water partition coefficient (Wildman–Crippen LogP) is 5.88. The number of carbonyl (C=O) groups is 1. The molecule has 1 N–H and O–H groups in total. The van der Waals surface area contributed by atoms with Gasteiger partial charge in [0.05, 0.1) is 21.3 Å². The minimum Gasteiger partial charge on any atom is -0.496 e. The highest BCUT2D eigenvalue weighted by molar-refractivity contribution is 6.04. The van der Waals surface area contributed by atoms with E-state index in [2.05, 4.69) is 31.3 Å². The summed E-state index contributed by atoms with van der Waals surface area (Å²) >= 11 is 0. The van der Waals surface area contributed by atoms with Crippen LogP contribution in [-0.4, -0.2) is 27.2 Å². The molecule has 0 radical (unpaired) electrons. The van der Waals surface area contributed by atoms with Gasteiger partial charge in [-0.2, -0.15) is 0 Å². The van der Waals surface area contributed by atoms with Crippen molar-refractivity contribution < 1.29 is 28.2 Å². The van der Waals surface area contributed by atoms with Crippen molar-refractivity contribution in [3.8, 4) is 28.9 Å². The van der Waals surface area contributed by atoms with Gasteiger partial charge in [0.2, 0.25) is 0 Å². The minimum absolute atomic E-state index is 0.101. The third kappa shape index (κ3) is 4.35.